The van der Waals surface area contributed by atoms with Crippen LogP contribution >= 0.6 is 0 Å². The molecule has 0 spiro atoms. The number of rotatable bonds is 3. The largest absolute Gasteiger partial charge is 0.422 e. The molecule has 1 atom stereocenters. The number of carbonyl (C=O) groups is 2. The number of amides is 2. The zero-order chi connectivity index (χ0) is 20.7. The number of nitrogens with zero attached hydrogens (tertiary/aromatic N) is 1. The molecule has 1 aromatic heterocycles. The Morgan fingerprint density at radius 2 is 1.97 bits per heavy atom. The second-order valence-electron chi connectivity index (χ2n) is 7.52. The Morgan fingerprint density at radius 3 is 2.80 bits per heavy atom. The molecule has 2 aromatic carbocycles. The lowest BCUT2D eigenvalue weighted by Crippen LogP contribution is -2.37. The number of carbonyl (C=O) groups excluding carboxylic acids is 2. The number of fused-ring (bicyclic) bond motifs is 2. The summed E-state index contributed by atoms with van der Waals surface area (Å²) >= 11 is 0. The van der Waals surface area contributed by atoms with Gasteiger partial charge in [-0.05, 0) is 49.1 Å². The molecule has 0 bridgehead atoms. The van der Waals surface area contributed by atoms with E-state index in [1.165, 1.54) is 6.07 Å². The summed E-state index contributed by atoms with van der Waals surface area (Å²) in [6.45, 7) is 1.21. The summed E-state index contributed by atoms with van der Waals surface area (Å²) in [5, 5.41) is 3.43. The van der Waals surface area contributed by atoms with Crippen LogP contribution in [0.3, 0.4) is 0 Å². The monoisotopic (exact) mass is 404 g/mol. The maximum absolute atomic E-state index is 12.8. The molecular weight excluding hydrogens is 384 g/mol. The standard InChI is InChI=1S/C23H20N2O5/c26-21(17-12-15-4-1-2-5-19(15)30-23(17)28)24-16-8-7-14-9-10-25(18(14)13-16)22(27)20-6-3-11-29-20/h1-2,4-5,7-8,12-13,20H,3,6,9-11H2,(H,24,26)/t20-/m0/s1. The van der Waals surface area contributed by atoms with Crippen LogP contribution in [0.15, 0.2) is 57.7 Å². The number of benzene rings is 2. The molecule has 1 fully saturated rings. The molecule has 2 aliphatic heterocycles. The van der Waals surface area contributed by atoms with Crippen molar-refractivity contribution in [3.8, 4) is 0 Å². The summed E-state index contributed by atoms with van der Waals surface area (Å²) in [6, 6.07) is 14.0. The smallest absolute Gasteiger partial charge is 0.349 e. The highest BCUT2D eigenvalue weighted by Gasteiger charge is 2.32. The highest BCUT2D eigenvalue weighted by molar-refractivity contribution is 6.06. The summed E-state index contributed by atoms with van der Waals surface area (Å²) in [5.41, 5.74) is 2.01. The Hall–Kier alpha value is -3.45. The van der Waals surface area contributed by atoms with Gasteiger partial charge in [0, 0.05) is 29.9 Å². The molecule has 1 saturated heterocycles. The molecule has 3 heterocycles. The zero-order valence-corrected chi connectivity index (χ0v) is 16.2. The Kier molecular flexibility index (Phi) is 4.59. The summed E-state index contributed by atoms with van der Waals surface area (Å²) in [4.78, 5) is 39.5. The van der Waals surface area contributed by atoms with E-state index in [1.54, 1.807) is 35.2 Å². The van der Waals surface area contributed by atoms with Crippen molar-refractivity contribution in [2.24, 2.45) is 0 Å². The Balaban J connectivity index is 1.40. The molecule has 2 amide bonds. The van der Waals surface area contributed by atoms with E-state index in [2.05, 4.69) is 5.32 Å². The molecule has 1 N–H and O–H groups in total. The first-order valence-corrected chi connectivity index (χ1v) is 10.0. The minimum absolute atomic E-state index is 0.0371. The fourth-order valence-electron chi connectivity index (χ4n) is 4.05. The van der Waals surface area contributed by atoms with Gasteiger partial charge < -0.3 is 19.4 Å². The number of hydrogen-bond acceptors (Lipinski definition) is 5. The number of hydrogen-bond donors (Lipinski definition) is 1. The van der Waals surface area contributed by atoms with Gasteiger partial charge in [-0.15, -0.1) is 0 Å². The molecule has 7 heteroatoms. The molecule has 0 unspecified atom stereocenters. The first-order chi connectivity index (χ1) is 14.6. The van der Waals surface area contributed by atoms with Crippen molar-refractivity contribution in [3.05, 3.63) is 70.1 Å². The van der Waals surface area contributed by atoms with E-state index in [1.807, 2.05) is 12.1 Å². The van der Waals surface area contributed by atoms with Gasteiger partial charge in [0.2, 0.25) is 0 Å². The van der Waals surface area contributed by atoms with E-state index in [0.29, 0.717) is 29.8 Å². The maximum Gasteiger partial charge on any atom is 0.349 e. The van der Waals surface area contributed by atoms with E-state index in [4.69, 9.17) is 9.15 Å². The van der Waals surface area contributed by atoms with Gasteiger partial charge in [0.25, 0.3) is 11.8 Å². The van der Waals surface area contributed by atoms with Crippen molar-refractivity contribution in [1.29, 1.82) is 0 Å². The summed E-state index contributed by atoms with van der Waals surface area (Å²) < 4.78 is 10.8. The quantitative estimate of drug-likeness (QED) is 0.678. The second-order valence-corrected chi connectivity index (χ2v) is 7.52. The lowest BCUT2D eigenvalue weighted by molar-refractivity contribution is -0.127. The van der Waals surface area contributed by atoms with Crippen molar-refractivity contribution in [2.45, 2.75) is 25.4 Å². The normalized spacial score (nSPS) is 17.9. The zero-order valence-electron chi connectivity index (χ0n) is 16.2. The SMILES string of the molecule is O=C(Nc1ccc2c(c1)N(C(=O)[C@@H]1CCCO1)CC2)c1cc2ccccc2oc1=O. The van der Waals surface area contributed by atoms with Crippen molar-refractivity contribution in [3.63, 3.8) is 0 Å². The molecule has 5 rings (SSSR count). The number of para-hydroxylation sites is 1. The van der Waals surface area contributed by atoms with Crippen LogP contribution in [-0.4, -0.2) is 31.1 Å². The van der Waals surface area contributed by atoms with E-state index < -0.39 is 17.6 Å². The van der Waals surface area contributed by atoms with Crippen LogP contribution in [0.4, 0.5) is 11.4 Å². The fraction of sp³-hybridized carbons (Fsp3) is 0.261. The second kappa shape index (κ2) is 7.42. The van der Waals surface area contributed by atoms with Gasteiger partial charge in [0.1, 0.15) is 17.3 Å². The number of ether oxygens (including phenoxy) is 1. The third-order valence-corrected chi connectivity index (χ3v) is 5.60. The van der Waals surface area contributed by atoms with Gasteiger partial charge in [-0.2, -0.15) is 0 Å². The molecule has 3 aromatic rings. The molecular formula is C23H20N2O5. The van der Waals surface area contributed by atoms with Gasteiger partial charge in [-0.3, -0.25) is 9.59 Å². The van der Waals surface area contributed by atoms with E-state index in [-0.39, 0.29) is 11.5 Å². The predicted molar refractivity (Wildman–Crippen MR) is 112 cm³/mol. The van der Waals surface area contributed by atoms with E-state index in [0.717, 1.165) is 30.5 Å². The average Bonchev–Trinajstić information content (AvgIpc) is 3.42. The molecule has 0 radical (unpaired) electrons. The van der Waals surface area contributed by atoms with Crippen molar-refractivity contribution in [2.75, 3.05) is 23.4 Å². The Bertz CT molecular complexity index is 1210. The van der Waals surface area contributed by atoms with Gasteiger partial charge in [0.05, 0.1) is 0 Å². The minimum atomic E-state index is -0.692. The molecule has 30 heavy (non-hydrogen) atoms. The van der Waals surface area contributed by atoms with Crippen LogP contribution in [0, 0.1) is 0 Å². The first kappa shape index (κ1) is 18.6. The van der Waals surface area contributed by atoms with Crippen molar-refractivity contribution < 1.29 is 18.7 Å². The van der Waals surface area contributed by atoms with E-state index >= 15 is 0 Å². The Morgan fingerprint density at radius 1 is 1.10 bits per heavy atom. The van der Waals surface area contributed by atoms with Crippen LogP contribution in [0.1, 0.15) is 28.8 Å². The van der Waals surface area contributed by atoms with Gasteiger partial charge in [0.15, 0.2) is 0 Å². The van der Waals surface area contributed by atoms with Crippen molar-refractivity contribution >= 4 is 34.2 Å². The highest BCUT2D eigenvalue weighted by Crippen LogP contribution is 2.32. The third kappa shape index (κ3) is 3.27. The topological polar surface area (TPSA) is 88.8 Å². The molecule has 152 valence electrons. The van der Waals surface area contributed by atoms with Crippen molar-refractivity contribution in [1.82, 2.24) is 0 Å². The highest BCUT2D eigenvalue weighted by atomic mass is 16.5. The van der Waals surface area contributed by atoms with Gasteiger partial charge in [-0.1, -0.05) is 24.3 Å². The van der Waals surface area contributed by atoms with Gasteiger partial charge >= 0.3 is 5.63 Å². The number of nitrogens with one attached hydrogen (secondary N) is 1. The molecule has 7 nitrogen and oxygen atoms in total. The van der Waals surface area contributed by atoms with Crippen LogP contribution in [0.2, 0.25) is 0 Å². The molecule has 0 aliphatic carbocycles. The summed E-state index contributed by atoms with van der Waals surface area (Å²) in [7, 11) is 0. The number of anilines is 2. The lowest BCUT2D eigenvalue weighted by atomic mass is 10.1. The molecule has 2 aliphatic rings. The average molecular weight is 404 g/mol. The minimum Gasteiger partial charge on any atom is -0.422 e. The van der Waals surface area contributed by atoms with E-state index in [9.17, 15) is 14.4 Å². The first-order valence-electron chi connectivity index (χ1n) is 10.0. The Labute approximate surface area is 172 Å². The maximum atomic E-state index is 12.8. The predicted octanol–water partition coefficient (Wildman–Crippen LogP) is 3.11. The molecule has 0 saturated carbocycles. The van der Waals surface area contributed by atoms with Crippen LogP contribution in [0.5, 0.6) is 0 Å². The lowest BCUT2D eigenvalue weighted by Gasteiger charge is -2.21. The van der Waals surface area contributed by atoms with Crippen LogP contribution in [0.25, 0.3) is 11.0 Å². The summed E-state index contributed by atoms with van der Waals surface area (Å²) in [5.74, 6) is -0.589. The van der Waals surface area contributed by atoms with Crippen LogP contribution in [-0.2, 0) is 16.0 Å². The third-order valence-electron chi connectivity index (χ3n) is 5.60. The fourth-order valence-corrected chi connectivity index (χ4v) is 4.05. The van der Waals surface area contributed by atoms with Gasteiger partial charge in [-0.25, -0.2) is 4.79 Å². The van der Waals surface area contributed by atoms with Crippen LogP contribution < -0.4 is 15.8 Å². The summed E-state index contributed by atoms with van der Waals surface area (Å²) in [6.07, 6.45) is 1.99.